The van der Waals surface area contributed by atoms with Gasteiger partial charge in [0.1, 0.15) is 35.1 Å². The standard InChI is InChI=1S/C33H36ClFN6O4S.C2HF3O2/c1-43-12-10-40(11-13-44-2)17-24(42)18-41-28-8-7-25-30-32(36-20-37-33(30)46-31(25)26(28)16-38-41)39-23-6-9-29(27(34)15-23)45-19-21-4-3-5-22(35)14-21;3-2(4,5)1(6)7/h3-6,9,14-16,20,24,42H,7-8,10-13,17-19H2,1-2H3,(H,36,37,39);(H,6,7)/t24-;/m1./s1. The number of rotatable bonds is 15. The van der Waals surface area contributed by atoms with Crippen LogP contribution in [0.5, 0.6) is 5.75 Å². The Kier molecular flexibility index (Phi) is 13.6. The van der Waals surface area contributed by atoms with Crippen molar-refractivity contribution in [2.45, 2.75) is 38.3 Å². The van der Waals surface area contributed by atoms with Gasteiger partial charge in [0, 0.05) is 55.7 Å². The fourth-order valence-electron chi connectivity index (χ4n) is 5.72. The van der Waals surface area contributed by atoms with Gasteiger partial charge in [0.2, 0.25) is 0 Å². The molecule has 0 saturated heterocycles. The average Bonchev–Trinajstić information content (AvgIpc) is 3.70. The van der Waals surface area contributed by atoms with Crippen molar-refractivity contribution in [1.29, 1.82) is 0 Å². The van der Waals surface area contributed by atoms with Crippen LogP contribution in [0.1, 0.15) is 16.8 Å². The number of hydrogen-bond donors (Lipinski definition) is 3. The molecule has 18 heteroatoms. The molecule has 0 radical (unpaired) electrons. The largest absolute Gasteiger partial charge is 0.490 e. The molecule has 2 aromatic carbocycles. The molecule has 0 unspecified atom stereocenters. The molecule has 3 N–H and O–H groups in total. The molecule has 0 spiro atoms. The van der Waals surface area contributed by atoms with Crippen LogP contribution < -0.4 is 10.1 Å². The van der Waals surface area contributed by atoms with E-state index in [0.29, 0.717) is 42.9 Å². The van der Waals surface area contributed by atoms with E-state index in [1.807, 2.05) is 16.9 Å². The lowest BCUT2D eigenvalue weighted by Gasteiger charge is -2.25. The number of ether oxygens (including phenoxy) is 3. The molecule has 6 rings (SSSR count). The minimum Gasteiger partial charge on any atom is -0.487 e. The number of aliphatic carboxylic acids is 1. The Morgan fingerprint density at radius 3 is 2.51 bits per heavy atom. The predicted molar refractivity (Wildman–Crippen MR) is 191 cm³/mol. The molecule has 0 bridgehead atoms. The Bertz CT molecular complexity index is 2000. The number of methoxy groups -OCH3 is 2. The van der Waals surface area contributed by atoms with Crippen molar-refractivity contribution in [3.8, 4) is 16.2 Å². The molecule has 0 amide bonds. The predicted octanol–water partition coefficient (Wildman–Crippen LogP) is 6.36. The number of thiophene rings is 1. The number of nitrogens with one attached hydrogen (secondary N) is 1. The second-order valence-electron chi connectivity index (χ2n) is 11.9. The van der Waals surface area contributed by atoms with Gasteiger partial charge in [0.15, 0.2) is 0 Å². The van der Waals surface area contributed by atoms with Crippen LogP contribution in [-0.4, -0.2) is 100 Å². The number of aromatic nitrogens is 4. The fourth-order valence-corrected chi connectivity index (χ4v) is 7.18. The second kappa shape index (κ2) is 18.1. The van der Waals surface area contributed by atoms with Crippen molar-refractivity contribution in [2.75, 3.05) is 52.4 Å². The highest BCUT2D eigenvalue weighted by atomic mass is 35.5. The van der Waals surface area contributed by atoms with Crippen molar-refractivity contribution in [2.24, 2.45) is 0 Å². The Labute approximate surface area is 310 Å². The van der Waals surface area contributed by atoms with Crippen LogP contribution in [0.3, 0.4) is 0 Å². The van der Waals surface area contributed by atoms with Gasteiger partial charge in [-0.05, 0) is 54.3 Å². The van der Waals surface area contributed by atoms with Crippen LogP contribution >= 0.6 is 22.9 Å². The molecule has 53 heavy (non-hydrogen) atoms. The SMILES string of the molecule is COCCN(CCOC)C[C@@H](O)Cn1ncc2c1CCc1c-2sc2ncnc(Nc3ccc(OCc4cccc(F)c4)c(Cl)c3)c12.O=C(O)C(F)(F)F. The molecule has 0 aliphatic heterocycles. The first-order valence-electron chi connectivity index (χ1n) is 16.3. The summed E-state index contributed by atoms with van der Waals surface area (Å²) in [6.45, 7) is 3.73. The van der Waals surface area contributed by atoms with Crippen LogP contribution in [0.15, 0.2) is 55.0 Å². The van der Waals surface area contributed by atoms with E-state index in [0.717, 1.165) is 63.5 Å². The normalized spacial score (nSPS) is 12.9. The molecule has 1 aliphatic carbocycles. The molecule has 284 valence electrons. The number of aryl methyl sites for hydroxylation is 1. The number of aliphatic hydroxyl groups is 1. The van der Waals surface area contributed by atoms with Gasteiger partial charge in [-0.15, -0.1) is 11.3 Å². The number of anilines is 2. The van der Waals surface area contributed by atoms with Crippen molar-refractivity contribution in [1.82, 2.24) is 24.6 Å². The number of carbonyl (C=O) groups is 1. The highest BCUT2D eigenvalue weighted by molar-refractivity contribution is 7.22. The quantitative estimate of drug-likeness (QED) is 0.102. The topological polar surface area (TPSA) is 144 Å². The highest BCUT2D eigenvalue weighted by Gasteiger charge is 2.38. The summed E-state index contributed by atoms with van der Waals surface area (Å²) in [7, 11) is 3.35. The van der Waals surface area contributed by atoms with Crippen molar-refractivity contribution < 1.29 is 46.8 Å². The fraction of sp³-hybridized carbons (Fsp3) is 0.371. The number of nitrogens with zero attached hydrogens (tertiary/aromatic N) is 5. The maximum Gasteiger partial charge on any atom is 0.490 e. The number of benzene rings is 2. The Hall–Kier alpha value is -4.39. The van der Waals surface area contributed by atoms with Crippen molar-refractivity contribution in [3.05, 3.63) is 82.6 Å². The summed E-state index contributed by atoms with van der Waals surface area (Å²) in [5, 5.41) is 27.6. The molecular weight excluding hydrogens is 744 g/mol. The number of alkyl halides is 3. The Balaban J connectivity index is 0.000000705. The van der Waals surface area contributed by atoms with E-state index in [1.165, 1.54) is 17.7 Å². The zero-order chi connectivity index (χ0) is 38.1. The average molecular weight is 781 g/mol. The summed E-state index contributed by atoms with van der Waals surface area (Å²) in [4.78, 5) is 22.2. The summed E-state index contributed by atoms with van der Waals surface area (Å²) in [6.07, 6.45) is -0.632. The van der Waals surface area contributed by atoms with Gasteiger partial charge in [0.05, 0.1) is 42.5 Å². The summed E-state index contributed by atoms with van der Waals surface area (Å²) in [5.74, 6) is -1.86. The summed E-state index contributed by atoms with van der Waals surface area (Å²) in [5.41, 5.74) is 4.84. The number of hydrogen-bond acceptors (Lipinski definition) is 11. The Morgan fingerprint density at radius 1 is 1.11 bits per heavy atom. The molecule has 1 aliphatic rings. The molecule has 12 nitrogen and oxygen atoms in total. The van der Waals surface area contributed by atoms with Crippen LogP contribution in [0, 0.1) is 5.82 Å². The van der Waals surface area contributed by atoms with Gasteiger partial charge < -0.3 is 29.7 Å². The number of aliphatic hydroxyl groups excluding tert-OH is 1. The molecule has 1 atom stereocenters. The minimum absolute atomic E-state index is 0.205. The first kappa shape index (κ1) is 39.8. The van der Waals surface area contributed by atoms with Gasteiger partial charge in [-0.3, -0.25) is 9.58 Å². The summed E-state index contributed by atoms with van der Waals surface area (Å²) < 4.78 is 63.5. The minimum atomic E-state index is -5.08. The number of carboxylic acid groups (broad SMARTS) is 1. The van der Waals surface area contributed by atoms with E-state index in [2.05, 4.69) is 25.3 Å². The molecule has 3 aromatic heterocycles. The van der Waals surface area contributed by atoms with Crippen molar-refractivity contribution in [3.63, 3.8) is 0 Å². The molecule has 5 aromatic rings. The maximum atomic E-state index is 13.5. The maximum absolute atomic E-state index is 13.5. The van der Waals surface area contributed by atoms with Crippen LogP contribution in [0.4, 0.5) is 29.1 Å². The first-order chi connectivity index (χ1) is 25.4. The zero-order valence-electron chi connectivity index (χ0n) is 28.7. The lowest BCUT2D eigenvalue weighted by Crippen LogP contribution is -2.39. The number of fused-ring (bicyclic) bond motifs is 5. The van der Waals surface area contributed by atoms with E-state index in [1.54, 1.807) is 56.1 Å². The lowest BCUT2D eigenvalue weighted by atomic mass is 9.95. The first-order valence-corrected chi connectivity index (χ1v) is 17.5. The summed E-state index contributed by atoms with van der Waals surface area (Å²) >= 11 is 8.19. The second-order valence-corrected chi connectivity index (χ2v) is 13.3. The van der Waals surface area contributed by atoms with E-state index < -0.39 is 18.2 Å². The van der Waals surface area contributed by atoms with Crippen LogP contribution in [0.2, 0.25) is 5.02 Å². The van der Waals surface area contributed by atoms with Crippen LogP contribution in [-0.2, 0) is 40.3 Å². The summed E-state index contributed by atoms with van der Waals surface area (Å²) in [6, 6.07) is 11.7. The number of carboxylic acids is 1. The smallest absolute Gasteiger partial charge is 0.487 e. The third kappa shape index (κ3) is 10.4. The molecule has 0 fully saturated rings. The van der Waals surface area contributed by atoms with E-state index in [9.17, 15) is 22.7 Å². The monoisotopic (exact) mass is 780 g/mol. The van der Waals surface area contributed by atoms with Gasteiger partial charge >= 0.3 is 12.1 Å². The zero-order valence-corrected chi connectivity index (χ0v) is 30.3. The van der Waals surface area contributed by atoms with E-state index >= 15 is 0 Å². The van der Waals surface area contributed by atoms with Gasteiger partial charge in [-0.25, -0.2) is 19.2 Å². The third-order valence-electron chi connectivity index (χ3n) is 8.19. The van der Waals surface area contributed by atoms with Gasteiger partial charge in [-0.1, -0.05) is 23.7 Å². The highest BCUT2D eigenvalue weighted by Crippen LogP contribution is 2.45. The van der Waals surface area contributed by atoms with Gasteiger partial charge in [-0.2, -0.15) is 18.3 Å². The van der Waals surface area contributed by atoms with Crippen molar-refractivity contribution >= 4 is 50.6 Å². The van der Waals surface area contributed by atoms with E-state index in [-0.39, 0.29) is 12.4 Å². The van der Waals surface area contributed by atoms with Gasteiger partial charge in [0.25, 0.3) is 0 Å². The number of halogens is 5. The molecule has 0 saturated carbocycles. The third-order valence-corrected chi connectivity index (χ3v) is 9.66. The molecule has 3 heterocycles. The molecular formula is C35H37ClF4N6O6S. The lowest BCUT2D eigenvalue weighted by molar-refractivity contribution is -0.192. The van der Waals surface area contributed by atoms with Crippen LogP contribution in [0.25, 0.3) is 20.7 Å². The van der Waals surface area contributed by atoms with E-state index in [4.69, 9.17) is 35.7 Å². The Morgan fingerprint density at radius 2 is 1.85 bits per heavy atom.